The number of likely N-dealkylation sites (N-methyl/N-ethyl adjacent to an activating group) is 2. The van der Waals surface area contributed by atoms with Crippen LogP contribution in [0.1, 0.15) is 95.6 Å². The summed E-state index contributed by atoms with van der Waals surface area (Å²) in [6.07, 6.45) is 0.436. The highest BCUT2D eigenvalue weighted by Gasteiger charge is 2.50. The maximum absolute atomic E-state index is 14.8. The number of amides is 2. The van der Waals surface area contributed by atoms with Crippen LogP contribution >= 0.6 is 0 Å². The zero-order chi connectivity index (χ0) is 53.9. The fourth-order valence-electron chi connectivity index (χ4n) is 10.3. The highest BCUT2D eigenvalue weighted by atomic mass is 28.4. The Morgan fingerprint density at radius 3 is 1.33 bits per heavy atom. The maximum atomic E-state index is 14.8. The number of carbonyl (C=O) groups excluding carboxylic acids is 2. The molecule has 4 atom stereocenters. The van der Waals surface area contributed by atoms with Gasteiger partial charge in [0.05, 0.1) is 48.8 Å². The minimum Gasteiger partial charge on any atom is -0.493 e. The molecule has 0 aliphatic carbocycles. The number of benzene rings is 5. The number of fused-ring (bicyclic) bond motifs is 6. The summed E-state index contributed by atoms with van der Waals surface area (Å²) in [5, 5.41) is 3.83. The van der Waals surface area contributed by atoms with E-state index in [9.17, 15) is 15.1 Å². The number of anilines is 2. The lowest BCUT2D eigenvalue weighted by atomic mass is 9.93. The van der Waals surface area contributed by atoms with Crippen LogP contribution in [0.25, 0.3) is 10.4 Å². The van der Waals surface area contributed by atoms with E-state index >= 15 is 0 Å². The number of methoxy groups -OCH3 is 2. The molecule has 0 saturated carbocycles. The average molecular weight is 1050 g/mol. The molecular weight excluding hydrogens is 979 g/mol. The van der Waals surface area contributed by atoms with E-state index in [1.165, 1.54) is 11.1 Å². The third-order valence-electron chi connectivity index (χ3n) is 16.7. The van der Waals surface area contributed by atoms with Gasteiger partial charge in [0.1, 0.15) is 25.7 Å². The molecule has 0 aromatic heterocycles. The molecule has 17 heteroatoms. The first-order valence-corrected chi connectivity index (χ1v) is 31.7. The zero-order valence-corrected chi connectivity index (χ0v) is 48.1. The molecule has 15 nitrogen and oxygen atoms in total. The second-order valence-corrected chi connectivity index (χ2v) is 33.0. The second kappa shape index (κ2) is 20.2. The van der Waals surface area contributed by atoms with Gasteiger partial charge >= 0.3 is 0 Å². The summed E-state index contributed by atoms with van der Waals surface area (Å²) in [7, 11) is 2.40. The Morgan fingerprint density at radius 1 is 0.587 bits per heavy atom. The highest BCUT2D eigenvalue weighted by Crippen LogP contribution is 2.47. The van der Waals surface area contributed by atoms with Gasteiger partial charge < -0.3 is 47.4 Å². The summed E-state index contributed by atoms with van der Waals surface area (Å²) in [5.74, 6) is 1.47. The van der Waals surface area contributed by atoms with E-state index in [1.54, 1.807) is 38.5 Å². The van der Waals surface area contributed by atoms with Crippen molar-refractivity contribution in [3.05, 3.63) is 146 Å². The number of nitrogens with zero attached hydrogens (tertiary/aromatic N) is 7. The predicted molar refractivity (Wildman–Crippen MR) is 298 cm³/mol. The fraction of sp³-hybridized carbons (Fsp3) is 0.448. The van der Waals surface area contributed by atoms with Gasteiger partial charge in [0.15, 0.2) is 39.6 Å². The molecule has 0 bridgehead atoms. The molecule has 5 aromatic rings. The zero-order valence-electron chi connectivity index (χ0n) is 46.1. The Kier molecular flexibility index (Phi) is 14.4. The summed E-state index contributed by atoms with van der Waals surface area (Å²) < 4.78 is 39.7. The first-order chi connectivity index (χ1) is 35.4. The van der Waals surface area contributed by atoms with Gasteiger partial charge in [-0.05, 0) is 118 Å². The van der Waals surface area contributed by atoms with Crippen molar-refractivity contribution >= 4 is 45.5 Å². The topological polar surface area (TPSA) is 151 Å². The van der Waals surface area contributed by atoms with Crippen LogP contribution in [0, 0.1) is 0 Å². The molecule has 5 aromatic carbocycles. The van der Waals surface area contributed by atoms with E-state index in [1.807, 2.05) is 54.2 Å². The summed E-state index contributed by atoms with van der Waals surface area (Å²) in [5.41, 5.74) is 18.5. The smallest absolute Gasteiger partial charge is 0.256 e. The van der Waals surface area contributed by atoms with Gasteiger partial charge in [-0.1, -0.05) is 95.2 Å². The number of hydrogen-bond acceptors (Lipinski definition) is 11. The number of azide groups is 1. The fourth-order valence-corrected chi connectivity index (χ4v) is 12.9. The van der Waals surface area contributed by atoms with Crippen molar-refractivity contribution in [1.82, 2.24) is 9.80 Å². The van der Waals surface area contributed by atoms with Crippen molar-refractivity contribution in [2.24, 2.45) is 5.11 Å². The third kappa shape index (κ3) is 10.2. The molecule has 396 valence electrons. The van der Waals surface area contributed by atoms with E-state index in [0.717, 1.165) is 11.1 Å². The average Bonchev–Trinajstić information content (AvgIpc) is 3.51. The van der Waals surface area contributed by atoms with E-state index in [-0.39, 0.29) is 47.2 Å². The van der Waals surface area contributed by atoms with Crippen LogP contribution in [-0.2, 0) is 48.0 Å². The predicted octanol–water partition coefficient (Wildman–Crippen LogP) is 12.5. The molecule has 0 fully saturated rings. The molecule has 4 heterocycles. The van der Waals surface area contributed by atoms with E-state index in [2.05, 4.69) is 124 Å². The number of rotatable bonds is 13. The monoisotopic (exact) mass is 1050 g/mol. The van der Waals surface area contributed by atoms with Gasteiger partial charge in [-0.3, -0.25) is 9.59 Å². The largest absolute Gasteiger partial charge is 0.493 e. The Morgan fingerprint density at radius 2 is 0.973 bits per heavy atom. The Hall–Kier alpha value is -6.50. The normalized spacial score (nSPS) is 19.5. The Bertz CT molecular complexity index is 2880. The molecule has 75 heavy (non-hydrogen) atoms. The quantitative estimate of drug-likeness (QED) is 0.0482. The summed E-state index contributed by atoms with van der Waals surface area (Å²) in [6, 6.07) is 28.9. The van der Waals surface area contributed by atoms with Gasteiger partial charge in [0.2, 0.25) is 0 Å². The molecule has 4 aliphatic rings. The Balaban J connectivity index is 1.01. The lowest BCUT2D eigenvalue weighted by molar-refractivity contribution is 0.0361. The molecular formula is C58H73N7O8Si2. The van der Waals surface area contributed by atoms with Crippen molar-refractivity contribution < 1.29 is 37.4 Å². The SMILES string of the molecule is COc1cc2c(cc1OCc1cc(COc3cc4c(cc3OC)C(=O)N3Cc5ccccc5C[C@H]3C(O[Si](C)(C)C(C)(C)C)N4C)cc(N=[N+]=[N-])c1)N(C)C(O[Si](C)(C)C(C)(C)C)C1Cc3ccccc3CN1C2=O. The van der Waals surface area contributed by atoms with Crippen LogP contribution in [0.5, 0.6) is 23.0 Å². The van der Waals surface area contributed by atoms with Crippen LogP contribution in [-0.4, -0.2) is 91.1 Å². The summed E-state index contributed by atoms with van der Waals surface area (Å²) in [4.78, 5) is 40.9. The molecule has 0 N–H and O–H groups in total. The molecule has 9 rings (SSSR count). The molecule has 4 aliphatic heterocycles. The molecule has 2 amide bonds. The van der Waals surface area contributed by atoms with Crippen molar-refractivity contribution in [2.45, 2.75) is 141 Å². The van der Waals surface area contributed by atoms with Crippen molar-refractivity contribution in [3.63, 3.8) is 0 Å². The lowest BCUT2D eigenvalue weighted by Crippen LogP contribution is -2.59. The van der Waals surface area contributed by atoms with E-state index in [4.69, 9.17) is 27.8 Å². The summed E-state index contributed by atoms with van der Waals surface area (Å²) >= 11 is 0. The lowest BCUT2D eigenvalue weighted by Gasteiger charge is -2.47. The van der Waals surface area contributed by atoms with Crippen molar-refractivity contribution in [3.8, 4) is 23.0 Å². The minimum atomic E-state index is -2.37. The van der Waals surface area contributed by atoms with Crippen LogP contribution < -0.4 is 28.7 Å². The van der Waals surface area contributed by atoms with Gasteiger partial charge in [-0.25, -0.2) is 0 Å². The molecule has 3 unspecified atom stereocenters. The van der Waals surface area contributed by atoms with Crippen LogP contribution in [0.2, 0.25) is 36.3 Å². The number of hydrogen-bond donors (Lipinski definition) is 0. The Labute approximate surface area is 444 Å². The van der Waals surface area contributed by atoms with Crippen LogP contribution in [0.3, 0.4) is 0 Å². The second-order valence-electron chi connectivity index (χ2n) is 23.5. The first kappa shape index (κ1) is 53.3. The van der Waals surface area contributed by atoms with Crippen molar-refractivity contribution in [1.29, 1.82) is 0 Å². The molecule has 0 radical (unpaired) electrons. The number of carbonyl (C=O) groups is 2. The highest BCUT2D eigenvalue weighted by molar-refractivity contribution is 6.74. The molecule has 0 spiro atoms. The van der Waals surface area contributed by atoms with Crippen molar-refractivity contribution in [2.75, 3.05) is 38.1 Å². The van der Waals surface area contributed by atoms with Crippen LogP contribution in [0.15, 0.2) is 96.1 Å². The number of ether oxygens (including phenoxy) is 4. The minimum absolute atomic E-state index is 0.0643. The van der Waals surface area contributed by atoms with Gasteiger partial charge in [0.25, 0.3) is 11.8 Å². The van der Waals surface area contributed by atoms with Gasteiger partial charge in [-0.2, -0.15) is 0 Å². The van der Waals surface area contributed by atoms with Crippen LogP contribution in [0.4, 0.5) is 17.1 Å². The van der Waals surface area contributed by atoms with Gasteiger partial charge in [0, 0.05) is 49.9 Å². The summed E-state index contributed by atoms with van der Waals surface area (Å²) in [6.45, 7) is 23.4. The first-order valence-electron chi connectivity index (χ1n) is 25.9. The standard InChI is InChI=1S/C58H73N7O8Si2/c1-57(2,3)74(11,12)72-55-47-26-38-19-15-17-21-40(38)32-64(47)53(66)43-28-49(68-9)51(30-45(43)62(55)7)70-34-36-23-37(25-42(24-36)60-61-59)35-71-52-31-46-44(29-50(52)69-10)54(67)65-33-41-22-18-16-20-39(41)27-48(65)56(63(46)8)73-75(13,14)58(4,5)6/h15-25,28-31,47-48,55-56H,26-27,32-35H2,1-14H3/t47-,48?,55?,56?/m0/s1. The third-order valence-corrected chi connectivity index (χ3v) is 25.6. The van der Waals surface area contributed by atoms with Gasteiger partial charge in [-0.15, -0.1) is 0 Å². The molecule has 0 saturated heterocycles. The van der Waals surface area contributed by atoms with E-state index in [0.29, 0.717) is 88.2 Å². The van der Waals surface area contributed by atoms with E-state index < -0.39 is 29.1 Å². The maximum Gasteiger partial charge on any atom is 0.256 e.